The molecule has 4 aromatic rings. The van der Waals surface area contributed by atoms with E-state index in [2.05, 4.69) is 36.8 Å². The molecule has 0 aliphatic heterocycles. The van der Waals surface area contributed by atoms with Gasteiger partial charge in [0.1, 0.15) is 17.8 Å². The minimum Gasteiger partial charge on any atom is -0.305 e. The van der Waals surface area contributed by atoms with Gasteiger partial charge in [-0.1, -0.05) is 12.6 Å². The number of halogens is 3. The van der Waals surface area contributed by atoms with E-state index in [1.807, 2.05) is 0 Å². The molecule has 0 aliphatic carbocycles. The lowest BCUT2D eigenvalue weighted by molar-refractivity contribution is -0.145. The smallest absolute Gasteiger partial charge is 0.305 e. The SMILES string of the molecule is C=C(C(=O)Nc1cccc(-c2cnc(C(F)(F)F)nc2)n1)n1cnc2c1c(=O)[nH]c(=O)n2C. The molecule has 0 saturated carbocycles. The number of imidazole rings is 1. The summed E-state index contributed by atoms with van der Waals surface area (Å²) in [7, 11) is 1.40. The number of hydrogen-bond acceptors (Lipinski definition) is 7. The van der Waals surface area contributed by atoms with Crippen molar-refractivity contribution in [2.45, 2.75) is 6.18 Å². The molecule has 11 nitrogen and oxygen atoms in total. The molecule has 2 N–H and O–H groups in total. The molecular weight excluding hydrogens is 445 g/mol. The molecule has 33 heavy (non-hydrogen) atoms. The Morgan fingerprint density at radius 2 is 1.85 bits per heavy atom. The molecule has 0 spiro atoms. The molecule has 0 unspecified atom stereocenters. The predicted molar refractivity (Wildman–Crippen MR) is 110 cm³/mol. The topological polar surface area (TPSA) is 140 Å². The van der Waals surface area contributed by atoms with Gasteiger partial charge < -0.3 is 5.32 Å². The molecule has 0 atom stereocenters. The molecule has 4 heterocycles. The standard InChI is InChI=1S/C19H13F3N8O3/c1-9(30-8-25-14-13(30)16(32)28-18(33)29(14)2)15(31)27-12-5-3-4-11(26-12)10-6-23-17(24-7-10)19(20,21)22/h3-8H,1H2,2H3,(H,26,27,31)(H,28,32,33). The number of aromatic nitrogens is 7. The fourth-order valence-electron chi connectivity index (χ4n) is 2.91. The van der Waals surface area contributed by atoms with Crippen molar-refractivity contribution in [2.24, 2.45) is 7.05 Å². The van der Waals surface area contributed by atoms with E-state index >= 15 is 0 Å². The highest BCUT2D eigenvalue weighted by Crippen LogP contribution is 2.27. The highest BCUT2D eigenvalue weighted by molar-refractivity contribution is 6.20. The molecule has 0 fully saturated rings. The number of carbonyl (C=O) groups excluding carboxylic acids is 1. The summed E-state index contributed by atoms with van der Waals surface area (Å²) in [5.41, 5.74) is -1.19. The Kier molecular flexibility index (Phi) is 5.12. The first-order valence-corrected chi connectivity index (χ1v) is 9.10. The molecule has 0 saturated heterocycles. The van der Waals surface area contributed by atoms with Crippen molar-refractivity contribution in [3.8, 4) is 11.3 Å². The fraction of sp³-hybridized carbons (Fsp3) is 0.105. The van der Waals surface area contributed by atoms with E-state index < -0.39 is 29.2 Å². The number of carbonyl (C=O) groups is 1. The van der Waals surface area contributed by atoms with Gasteiger partial charge in [0.25, 0.3) is 11.5 Å². The van der Waals surface area contributed by atoms with Crippen LogP contribution in [0, 0.1) is 0 Å². The van der Waals surface area contributed by atoms with Crippen molar-refractivity contribution in [3.63, 3.8) is 0 Å². The summed E-state index contributed by atoms with van der Waals surface area (Å²) < 4.78 is 40.2. The Balaban J connectivity index is 1.59. The second-order valence-electron chi connectivity index (χ2n) is 6.71. The number of H-pyrrole nitrogens is 1. The zero-order valence-corrected chi connectivity index (χ0v) is 16.7. The third kappa shape index (κ3) is 4.00. The lowest BCUT2D eigenvalue weighted by Gasteiger charge is -2.10. The van der Waals surface area contributed by atoms with Crippen molar-refractivity contribution >= 4 is 28.6 Å². The van der Waals surface area contributed by atoms with Crippen molar-refractivity contribution in [1.29, 1.82) is 0 Å². The third-order valence-corrected chi connectivity index (χ3v) is 4.55. The average molecular weight is 458 g/mol. The van der Waals surface area contributed by atoms with E-state index in [0.29, 0.717) is 0 Å². The molecule has 0 radical (unpaired) electrons. The summed E-state index contributed by atoms with van der Waals surface area (Å²) in [6.45, 7) is 3.67. The largest absolute Gasteiger partial charge is 0.451 e. The highest BCUT2D eigenvalue weighted by atomic mass is 19.4. The monoisotopic (exact) mass is 458 g/mol. The van der Waals surface area contributed by atoms with Crippen LogP contribution in [0.4, 0.5) is 19.0 Å². The Morgan fingerprint density at radius 3 is 2.52 bits per heavy atom. The van der Waals surface area contributed by atoms with Gasteiger partial charge in [0, 0.05) is 25.0 Å². The Morgan fingerprint density at radius 1 is 1.15 bits per heavy atom. The predicted octanol–water partition coefficient (Wildman–Crippen LogP) is 1.40. The van der Waals surface area contributed by atoms with Crippen LogP contribution >= 0.6 is 0 Å². The summed E-state index contributed by atoms with van der Waals surface area (Å²) in [4.78, 5) is 53.4. The van der Waals surface area contributed by atoms with Gasteiger partial charge in [0.2, 0.25) is 5.82 Å². The minimum absolute atomic E-state index is 0.0548. The second kappa shape index (κ2) is 7.81. The quantitative estimate of drug-likeness (QED) is 0.441. The van der Waals surface area contributed by atoms with Crippen molar-refractivity contribution in [1.82, 2.24) is 34.1 Å². The zero-order valence-electron chi connectivity index (χ0n) is 16.7. The summed E-state index contributed by atoms with van der Waals surface area (Å²) in [6.07, 6.45) is -1.56. The Labute approximate surface area is 181 Å². The van der Waals surface area contributed by atoms with Gasteiger partial charge in [-0.15, -0.1) is 0 Å². The maximum Gasteiger partial charge on any atom is 0.451 e. The molecule has 4 rings (SSSR count). The van der Waals surface area contributed by atoms with E-state index in [1.165, 1.54) is 31.6 Å². The van der Waals surface area contributed by atoms with Crippen LogP contribution in [0.3, 0.4) is 0 Å². The number of anilines is 1. The summed E-state index contributed by atoms with van der Waals surface area (Å²) >= 11 is 0. The van der Waals surface area contributed by atoms with E-state index in [-0.39, 0.29) is 33.9 Å². The van der Waals surface area contributed by atoms with Crippen LogP contribution in [0.5, 0.6) is 0 Å². The Bertz CT molecular complexity index is 1520. The van der Waals surface area contributed by atoms with Gasteiger partial charge in [0.15, 0.2) is 11.2 Å². The van der Waals surface area contributed by atoms with Gasteiger partial charge >= 0.3 is 11.9 Å². The number of amides is 1. The number of alkyl halides is 3. The van der Waals surface area contributed by atoms with Gasteiger partial charge in [-0.2, -0.15) is 13.2 Å². The summed E-state index contributed by atoms with van der Waals surface area (Å²) in [5.74, 6) is -1.97. The van der Waals surface area contributed by atoms with E-state index in [0.717, 1.165) is 21.5 Å². The molecule has 0 bridgehead atoms. The second-order valence-corrected chi connectivity index (χ2v) is 6.71. The zero-order chi connectivity index (χ0) is 23.9. The lowest BCUT2D eigenvalue weighted by atomic mass is 10.2. The van der Waals surface area contributed by atoms with Crippen LogP contribution < -0.4 is 16.6 Å². The van der Waals surface area contributed by atoms with Crippen molar-refractivity contribution in [2.75, 3.05) is 5.32 Å². The first kappa shape index (κ1) is 21.6. The van der Waals surface area contributed by atoms with Crippen LogP contribution in [0.15, 0.2) is 53.1 Å². The maximum atomic E-state index is 12.7. The van der Waals surface area contributed by atoms with Crippen LogP contribution in [0.2, 0.25) is 0 Å². The number of nitrogens with one attached hydrogen (secondary N) is 2. The molecular formula is C19H13F3N8O3. The highest BCUT2D eigenvalue weighted by Gasteiger charge is 2.34. The summed E-state index contributed by atoms with van der Waals surface area (Å²) in [6, 6.07) is 4.47. The van der Waals surface area contributed by atoms with Gasteiger partial charge in [-0.3, -0.25) is 23.7 Å². The average Bonchev–Trinajstić information content (AvgIpc) is 3.22. The van der Waals surface area contributed by atoms with Gasteiger partial charge in [-0.05, 0) is 12.1 Å². The first-order valence-electron chi connectivity index (χ1n) is 9.10. The number of fused-ring (bicyclic) bond motifs is 1. The molecule has 0 aromatic carbocycles. The maximum absolute atomic E-state index is 12.7. The van der Waals surface area contributed by atoms with Crippen LogP contribution in [-0.4, -0.2) is 40.0 Å². The van der Waals surface area contributed by atoms with E-state index in [4.69, 9.17) is 0 Å². The molecule has 168 valence electrons. The summed E-state index contributed by atoms with van der Waals surface area (Å²) in [5, 5.41) is 2.49. The molecule has 4 aromatic heterocycles. The molecule has 1 amide bonds. The van der Waals surface area contributed by atoms with Crippen LogP contribution in [0.25, 0.3) is 28.1 Å². The number of pyridine rings is 1. The number of aryl methyl sites for hydroxylation is 1. The third-order valence-electron chi connectivity index (χ3n) is 4.55. The minimum atomic E-state index is -4.67. The first-order chi connectivity index (χ1) is 15.6. The normalized spacial score (nSPS) is 11.5. The van der Waals surface area contributed by atoms with Gasteiger partial charge in [-0.25, -0.2) is 24.7 Å². The number of hydrogen-bond donors (Lipinski definition) is 2. The van der Waals surface area contributed by atoms with Crippen molar-refractivity contribution < 1.29 is 18.0 Å². The number of nitrogens with zero attached hydrogens (tertiary/aromatic N) is 6. The number of aromatic amines is 1. The van der Waals surface area contributed by atoms with Crippen molar-refractivity contribution in [3.05, 3.63) is 70.2 Å². The lowest BCUT2D eigenvalue weighted by Crippen LogP contribution is -2.29. The van der Waals surface area contributed by atoms with Crippen LogP contribution in [0.1, 0.15) is 5.82 Å². The van der Waals surface area contributed by atoms with E-state index in [1.54, 1.807) is 0 Å². The van der Waals surface area contributed by atoms with E-state index in [9.17, 15) is 27.6 Å². The number of rotatable bonds is 4. The van der Waals surface area contributed by atoms with Crippen LogP contribution in [-0.2, 0) is 18.0 Å². The fourth-order valence-corrected chi connectivity index (χ4v) is 2.91. The Hall–Kier alpha value is -4.62. The molecule has 14 heteroatoms. The van der Waals surface area contributed by atoms with Gasteiger partial charge in [0.05, 0.1) is 5.69 Å². The molecule has 0 aliphatic rings.